The van der Waals surface area contributed by atoms with Crippen LogP contribution >= 0.6 is 11.8 Å². The van der Waals surface area contributed by atoms with Gasteiger partial charge >= 0.3 is 0 Å². The lowest BCUT2D eigenvalue weighted by Crippen LogP contribution is -2.12. The Bertz CT molecular complexity index is 535. The normalized spacial score (nSPS) is 10.2. The van der Waals surface area contributed by atoms with Crippen LogP contribution in [0.3, 0.4) is 0 Å². The summed E-state index contributed by atoms with van der Waals surface area (Å²) < 4.78 is 0. The lowest BCUT2D eigenvalue weighted by molar-refractivity contribution is -0.115. The van der Waals surface area contributed by atoms with E-state index >= 15 is 0 Å². The number of hydrogen-bond acceptors (Lipinski definition) is 3. The number of amides is 1. The van der Waals surface area contributed by atoms with E-state index in [0.717, 1.165) is 16.0 Å². The van der Waals surface area contributed by atoms with Crippen LogP contribution in [-0.2, 0) is 4.79 Å². The number of nitrogens with two attached hydrogens (primary N) is 1. The van der Waals surface area contributed by atoms with Gasteiger partial charge in [0, 0.05) is 4.90 Å². The summed E-state index contributed by atoms with van der Waals surface area (Å²) in [6.45, 7) is 0. The van der Waals surface area contributed by atoms with Gasteiger partial charge in [0.25, 0.3) is 0 Å². The fourth-order valence-electron chi connectivity index (χ4n) is 1.55. The molecule has 0 saturated heterocycles. The molecule has 0 heterocycles. The van der Waals surface area contributed by atoms with Gasteiger partial charge in [-0.25, -0.2) is 0 Å². The fraction of sp³-hybridized carbons (Fsp3) is 0.0714. The molecule has 1 amide bonds. The topological polar surface area (TPSA) is 63.3 Å². The van der Waals surface area contributed by atoms with Crippen molar-refractivity contribution in [1.29, 1.82) is 0 Å². The molecule has 0 aliphatic carbocycles. The van der Waals surface area contributed by atoms with Crippen molar-refractivity contribution >= 4 is 17.7 Å². The van der Waals surface area contributed by atoms with Crippen LogP contribution in [0.15, 0.2) is 53.4 Å². The molecule has 0 aliphatic rings. The molecule has 0 saturated carbocycles. The number of thioether (sulfide) groups is 1. The molecule has 0 unspecified atom stereocenters. The van der Waals surface area contributed by atoms with Crippen LogP contribution in [-0.4, -0.2) is 16.8 Å². The highest BCUT2D eigenvalue weighted by Crippen LogP contribution is 2.25. The van der Waals surface area contributed by atoms with Crippen molar-refractivity contribution in [1.82, 2.24) is 0 Å². The van der Waals surface area contributed by atoms with Crippen molar-refractivity contribution < 1.29 is 9.90 Å². The fourth-order valence-corrected chi connectivity index (χ4v) is 2.19. The van der Waals surface area contributed by atoms with E-state index < -0.39 is 0 Å². The molecule has 0 radical (unpaired) electrons. The zero-order chi connectivity index (χ0) is 13.0. The predicted molar refractivity (Wildman–Crippen MR) is 73.5 cm³/mol. The number of carbonyl (C=O) groups is 1. The largest absolute Gasteiger partial charge is 0.508 e. The summed E-state index contributed by atoms with van der Waals surface area (Å²) in [6, 6.07) is 14.9. The summed E-state index contributed by atoms with van der Waals surface area (Å²) in [5.74, 6) is 0.230. The second kappa shape index (κ2) is 5.60. The second-order valence-electron chi connectivity index (χ2n) is 3.83. The molecule has 3 nitrogen and oxygen atoms in total. The van der Waals surface area contributed by atoms with Crippen LogP contribution in [0.2, 0.25) is 0 Å². The van der Waals surface area contributed by atoms with Crippen LogP contribution < -0.4 is 5.73 Å². The number of primary amides is 1. The van der Waals surface area contributed by atoms with Gasteiger partial charge in [-0.15, -0.1) is 11.8 Å². The molecule has 4 heteroatoms. The zero-order valence-electron chi connectivity index (χ0n) is 9.67. The van der Waals surface area contributed by atoms with Gasteiger partial charge in [-0.1, -0.05) is 24.3 Å². The van der Waals surface area contributed by atoms with E-state index in [1.54, 1.807) is 12.1 Å². The summed E-state index contributed by atoms with van der Waals surface area (Å²) in [5, 5.41) is 9.22. The molecule has 18 heavy (non-hydrogen) atoms. The summed E-state index contributed by atoms with van der Waals surface area (Å²) >= 11 is 1.42. The van der Waals surface area contributed by atoms with Gasteiger partial charge in [-0.05, 0) is 35.4 Å². The Labute approximate surface area is 110 Å². The molecule has 3 N–H and O–H groups in total. The second-order valence-corrected chi connectivity index (χ2v) is 4.87. The van der Waals surface area contributed by atoms with Crippen molar-refractivity contribution in [2.75, 3.05) is 5.75 Å². The molecule has 2 aromatic carbocycles. The van der Waals surface area contributed by atoms with Gasteiger partial charge in [0.15, 0.2) is 0 Å². The Kier molecular flexibility index (Phi) is 3.89. The van der Waals surface area contributed by atoms with Gasteiger partial charge in [-0.3, -0.25) is 4.79 Å². The van der Waals surface area contributed by atoms with E-state index in [4.69, 9.17) is 5.73 Å². The Morgan fingerprint density at radius 1 is 1.00 bits per heavy atom. The Morgan fingerprint density at radius 3 is 2.00 bits per heavy atom. The minimum Gasteiger partial charge on any atom is -0.508 e. The first kappa shape index (κ1) is 12.5. The third kappa shape index (κ3) is 3.28. The minimum atomic E-state index is -0.317. The van der Waals surface area contributed by atoms with E-state index in [-0.39, 0.29) is 11.7 Å². The van der Waals surface area contributed by atoms with Crippen LogP contribution in [0.4, 0.5) is 0 Å². The van der Waals surface area contributed by atoms with Gasteiger partial charge in [0.2, 0.25) is 5.91 Å². The molecule has 2 aromatic rings. The maximum absolute atomic E-state index is 10.7. The summed E-state index contributed by atoms with van der Waals surface area (Å²) in [5.41, 5.74) is 7.20. The van der Waals surface area contributed by atoms with Crippen molar-refractivity contribution in [3.63, 3.8) is 0 Å². The van der Waals surface area contributed by atoms with Crippen LogP contribution in [0.1, 0.15) is 0 Å². The van der Waals surface area contributed by atoms with Gasteiger partial charge in [0.05, 0.1) is 5.75 Å². The number of aromatic hydroxyl groups is 1. The number of phenols is 1. The highest BCUT2D eigenvalue weighted by atomic mass is 32.2. The summed E-state index contributed by atoms with van der Waals surface area (Å²) in [4.78, 5) is 11.7. The molecule has 0 spiro atoms. The summed E-state index contributed by atoms with van der Waals surface area (Å²) in [6.07, 6.45) is 0. The first-order valence-electron chi connectivity index (χ1n) is 5.46. The molecule has 0 aromatic heterocycles. The van der Waals surface area contributed by atoms with Crippen LogP contribution in [0, 0.1) is 0 Å². The van der Waals surface area contributed by atoms with Crippen LogP contribution in [0.5, 0.6) is 5.75 Å². The van der Waals surface area contributed by atoms with Gasteiger partial charge in [0.1, 0.15) is 5.75 Å². The molecule has 2 rings (SSSR count). The maximum atomic E-state index is 10.7. The first-order chi connectivity index (χ1) is 8.65. The Morgan fingerprint density at radius 2 is 1.50 bits per heavy atom. The number of benzene rings is 2. The van der Waals surface area contributed by atoms with Crippen molar-refractivity contribution in [2.24, 2.45) is 5.73 Å². The smallest absolute Gasteiger partial charge is 0.227 e. The minimum absolute atomic E-state index is 0.257. The van der Waals surface area contributed by atoms with Crippen molar-refractivity contribution in [2.45, 2.75) is 4.90 Å². The quantitative estimate of drug-likeness (QED) is 0.830. The zero-order valence-corrected chi connectivity index (χ0v) is 10.5. The molecule has 0 atom stereocenters. The number of phenolic OH excluding ortho intramolecular Hbond substituents is 1. The molecule has 0 aliphatic heterocycles. The maximum Gasteiger partial charge on any atom is 0.227 e. The number of rotatable bonds is 4. The average molecular weight is 259 g/mol. The molecular weight excluding hydrogens is 246 g/mol. The number of hydrogen-bond donors (Lipinski definition) is 2. The lowest BCUT2D eigenvalue weighted by Gasteiger charge is -2.04. The lowest BCUT2D eigenvalue weighted by atomic mass is 10.1. The van der Waals surface area contributed by atoms with E-state index in [1.807, 2.05) is 36.4 Å². The SMILES string of the molecule is NC(=O)CSc1ccc(-c2ccc(O)cc2)cc1. The Balaban J connectivity index is 2.12. The van der Waals surface area contributed by atoms with Gasteiger partial charge < -0.3 is 10.8 Å². The predicted octanol–water partition coefficient (Wildman–Crippen LogP) is 2.64. The molecule has 0 bridgehead atoms. The van der Waals surface area contributed by atoms with E-state index in [1.165, 1.54) is 11.8 Å². The number of carbonyl (C=O) groups excluding carboxylic acids is 1. The highest BCUT2D eigenvalue weighted by Gasteiger charge is 2.00. The van der Waals surface area contributed by atoms with Crippen molar-refractivity contribution in [3.05, 3.63) is 48.5 Å². The molecule has 0 fully saturated rings. The molecular formula is C14H13NO2S. The first-order valence-corrected chi connectivity index (χ1v) is 6.44. The van der Waals surface area contributed by atoms with Crippen molar-refractivity contribution in [3.8, 4) is 16.9 Å². The summed E-state index contributed by atoms with van der Waals surface area (Å²) in [7, 11) is 0. The standard InChI is InChI=1S/C14H13NO2S/c15-14(17)9-18-13-7-3-11(4-8-13)10-1-5-12(16)6-2-10/h1-8,16H,9H2,(H2,15,17). The monoisotopic (exact) mass is 259 g/mol. The average Bonchev–Trinajstić information content (AvgIpc) is 2.38. The van der Waals surface area contributed by atoms with E-state index in [2.05, 4.69) is 0 Å². The van der Waals surface area contributed by atoms with E-state index in [0.29, 0.717) is 5.75 Å². The third-order valence-electron chi connectivity index (χ3n) is 2.44. The van der Waals surface area contributed by atoms with Gasteiger partial charge in [-0.2, -0.15) is 0 Å². The third-order valence-corrected chi connectivity index (χ3v) is 3.47. The highest BCUT2D eigenvalue weighted by molar-refractivity contribution is 8.00. The van der Waals surface area contributed by atoms with Crippen LogP contribution in [0.25, 0.3) is 11.1 Å². The Hall–Kier alpha value is -1.94. The molecule has 92 valence electrons. The van der Waals surface area contributed by atoms with E-state index in [9.17, 15) is 9.90 Å².